The first-order chi connectivity index (χ1) is 9.57. The molecule has 5 heteroatoms. The molecule has 1 heterocycles. The lowest BCUT2D eigenvalue weighted by Crippen LogP contribution is -2.33. The second-order valence-electron chi connectivity index (χ2n) is 5.74. The van der Waals surface area contributed by atoms with E-state index in [4.69, 9.17) is 5.73 Å². The number of rotatable bonds is 2. The monoisotopic (exact) mass is 288 g/mol. The fourth-order valence-corrected chi connectivity index (χ4v) is 4.76. The highest BCUT2D eigenvalue weighted by Gasteiger charge is 2.56. The first-order valence-electron chi connectivity index (χ1n) is 6.82. The summed E-state index contributed by atoms with van der Waals surface area (Å²) in [5.74, 6) is 0.732. The average molecular weight is 288 g/mol. The van der Waals surface area contributed by atoms with Gasteiger partial charge in [-0.25, -0.2) is 8.42 Å². The first-order valence-corrected chi connectivity index (χ1v) is 8.26. The third-order valence-corrected chi connectivity index (χ3v) is 6.41. The van der Waals surface area contributed by atoms with E-state index in [2.05, 4.69) is 0 Å². The van der Waals surface area contributed by atoms with Crippen molar-refractivity contribution >= 4 is 20.8 Å². The minimum atomic E-state index is -3.38. The number of benzene rings is 2. The Labute approximate surface area is 118 Å². The Bertz CT molecular complexity index is 775. The van der Waals surface area contributed by atoms with Gasteiger partial charge in [0.1, 0.15) is 0 Å². The molecule has 20 heavy (non-hydrogen) atoms. The van der Waals surface area contributed by atoms with Crippen molar-refractivity contribution in [1.29, 1.82) is 0 Å². The Morgan fingerprint density at radius 1 is 1.00 bits per heavy atom. The van der Waals surface area contributed by atoms with Gasteiger partial charge in [0.05, 0.1) is 4.90 Å². The second kappa shape index (κ2) is 4.04. The SMILES string of the molecule is NC1C2CN(S(=O)(=O)c3ccc4ccccc4c3)CC12. The highest BCUT2D eigenvalue weighted by molar-refractivity contribution is 7.89. The molecule has 1 saturated carbocycles. The molecule has 0 aromatic heterocycles. The molecule has 4 nitrogen and oxygen atoms in total. The predicted molar refractivity (Wildman–Crippen MR) is 77.7 cm³/mol. The van der Waals surface area contributed by atoms with Crippen molar-refractivity contribution in [3.05, 3.63) is 42.5 Å². The number of nitrogens with zero attached hydrogens (tertiary/aromatic N) is 1. The van der Waals surface area contributed by atoms with Crippen LogP contribution in [0, 0.1) is 11.8 Å². The summed E-state index contributed by atoms with van der Waals surface area (Å²) < 4.78 is 26.9. The molecule has 2 unspecified atom stereocenters. The van der Waals surface area contributed by atoms with Gasteiger partial charge in [0.15, 0.2) is 0 Å². The molecule has 4 rings (SSSR count). The second-order valence-corrected chi connectivity index (χ2v) is 7.67. The normalized spacial score (nSPS) is 29.6. The summed E-state index contributed by atoms with van der Waals surface area (Å²) in [6.45, 7) is 1.14. The van der Waals surface area contributed by atoms with Crippen molar-refractivity contribution < 1.29 is 8.42 Å². The zero-order valence-electron chi connectivity index (χ0n) is 10.9. The average Bonchev–Trinajstić information content (AvgIpc) is 2.90. The van der Waals surface area contributed by atoms with E-state index in [1.807, 2.05) is 30.3 Å². The standard InChI is InChI=1S/C15H16N2O2S/c16-15-13-8-17(9-14(13)15)20(18,19)12-6-5-10-3-1-2-4-11(10)7-12/h1-7,13-15H,8-9,16H2. The Balaban J connectivity index is 1.71. The molecule has 2 fully saturated rings. The van der Waals surface area contributed by atoms with E-state index in [0.29, 0.717) is 29.8 Å². The van der Waals surface area contributed by atoms with Crippen LogP contribution in [0.5, 0.6) is 0 Å². The van der Waals surface area contributed by atoms with E-state index >= 15 is 0 Å². The summed E-state index contributed by atoms with van der Waals surface area (Å²) in [7, 11) is -3.38. The van der Waals surface area contributed by atoms with Crippen molar-refractivity contribution in [2.45, 2.75) is 10.9 Å². The van der Waals surface area contributed by atoms with Crippen molar-refractivity contribution in [2.24, 2.45) is 17.6 Å². The highest BCUT2D eigenvalue weighted by atomic mass is 32.2. The topological polar surface area (TPSA) is 63.4 Å². The van der Waals surface area contributed by atoms with E-state index in [-0.39, 0.29) is 6.04 Å². The van der Waals surface area contributed by atoms with Gasteiger partial charge in [-0.15, -0.1) is 0 Å². The van der Waals surface area contributed by atoms with Crippen LogP contribution in [-0.2, 0) is 10.0 Å². The summed E-state index contributed by atoms with van der Waals surface area (Å²) in [6, 6.07) is 13.3. The van der Waals surface area contributed by atoms with Gasteiger partial charge in [-0.1, -0.05) is 30.3 Å². The predicted octanol–water partition coefficient (Wildman–Crippen LogP) is 1.42. The third kappa shape index (κ3) is 1.70. The van der Waals surface area contributed by atoms with Crippen LogP contribution in [0.3, 0.4) is 0 Å². The van der Waals surface area contributed by atoms with Crippen LogP contribution in [0.15, 0.2) is 47.4 Å². The van der Waals surface area contributed by atoms with Crippen LogP contribution in [0.25, 0.3) is 10.8 Å². The molecule has 2 aliphatic rings. The van der Waals surface area contributed by atoms with Crippen LogP contribution >= 0.6 is 0 Å². The molecule has 2 N–H and O–H groups in total. The third-order valence-electron chi connectivity index (χ3n) is 4.59. The van der Waals surface area contributed by atoms with E-state index < -0.39 is 10.0 Å². The molecule has 2 atom stereocenters. The van der Waals surface area contributed by atoms with Crippen molar-refractivity contribution in [3.8, 4) is 0 Å². The quantitative estimate of drug-likeness (QED) is 0.909. The Kier molecular flexibility index (Phi) is 2.49. The lowest BCUT2D eigenvalue weighted by molar-refractivity contribution is 0.432. The number of nitrogens with two attached hydrogens (primary N) is 1. The van der Waals surface area contributed by atoms with Crippen LogP contribution in [0.4, 0.5) is 0 Å². The Morgan fingerprint density at radius 3 is 2.35 bits per heavy atom. The van der Waals surface area contributed by atoms with E-state index in [0.717, 1.165) is 10.8 Å². The lowest BCUT2D eigenvalue weighted by atomic mass is 10.1. The maximum Gasteiger partial charge on any atom is 0.243 e. The minimum Gasteiger partial charge on any atom is -0.327 e. The maximum atomic E-state index is 12.6. The molecule has 104 valence electrons. The Hall–Kier alpha value is -1.43. The van der Waals surface area contributed by atoms with Crippen LogP contribution in [0.1, 0.15) is 0 Å². The summed E-state index contributed by atoms with van der Waals surface area (Å²) in [6.07, 6.45) is 0. The molecule has 2 aromatic carbocycles. The maximum absolute atomic E-state index is 12.6. The van der Waals surface area contributed by atoms with Crippen molar-refractivity contribution in [1.82, 2.24) is 4.31 Å². The molecule has 0 amide bonds. The number of hydrogen-bond donors (Lipinski definition) is 1. The first kappa shape index (κ1) is 12.3. The summed E-state index contributed by atoms with van der Waals surface area (Å²) in [4.78, 5) is 0.381. The molecule has 1 aliphatic carbocycles. The zero-order chi connectivity index (χ0) is 13.9. The fourth-order valence-electron chi connectivity index (χ4n) is 3.21. The molecule has 0 spiro atoms. The summed E-state index contributed by atoms with van der Waals surface area (Å²) in [5.41, 5.74) is 5.87. The number of hydrogen-bond acceptors (Lipinski definition) is 3. The molecule has 0 bridgehead atoms. The highest BCUT2D eigenvalue weighted by Crippen LogP contribution is 2.45. The lowest BCUT2D eigenvalue weighted by Gasteiger charge is -2.19. The van der Waals surface area contributed by atoms with Crippen molar-refractivity contribution in [2.75, 3.05) is 13.1 Å². The van der Waals surface area contributed by atoms with Crippen LogP contribution in [-0.4, -0.2) is 31.9 Å². The van der Waals surface area contributed by atoms with Gasteiger partial charge >= 0.3 is 0 Å². The van der Waals surface area contributed by atoms with Gasteiger partial charge in [-0.3, -0.25) is 0 Å². The smallest absolute Gasteiger partial charge is 0.243 e. The zero-order valence-corrected chi connectivity index (χ0v) is 11.8. The van der Waals surface area contributed by atoms with Gasteiger partial charge in [0.2, 0.25) is 10.0 Å². The number of sulfonamides is 1. The largest absolute Gasteiger partial charge is 0.327 e. The Morgan fingerprint density at radius 2 is 1.65 bits per heavy atom. The molecule has 1 aliphatic heterocycles. The molecular formula is C15H16N2O2S. The number of piperidine rings is 1. The van der Waals surface area contributed by atoms with E-state index in [1.54, 1.807) is 16.4 Å². The van der Waals surface area contributed by atoms with Gasteiger partial charge < -0.3 is 5.73 Å². The van der Waals surface area contributed by atoms with Crippen LogP contribution in [0.2, 0.25) is 0 Å². The summed E-state index contributed by atoms with van der Waals surface area (Å²) in [5, 5.41) is 2.01. The molecule has 1 saturated heterocycles. The molecular weight excluding hydrogens is 272 g/mol. The van der Waals surface area contributed by atoms with E-state index in [1.165, 1.54) is 0 Å². The van der Waals surface area contributed by atoms with E-state index in [9.17, 15) is 8.42 Å². The van der Waals surface area contributed by atoms with Gasteiger partial charge in [-0.2, -0.15) is 4.31 Å². The fraction of sp³-hybridized carbons (Fsp3) is 0.333. The summed E-state index contributed by atoms with van der Waals surface area (Å²) >= 11 is 0. The van der Waals surface area contributed by atoms with Crippen LogP contribution < -0.4 is 5.73 Å². The number of fused-ring (bicyclic) bond motifs is 2. The molecule has 0 radical (unpaired) electrons. The van der Waals surface area contributed by atoms with Gasteiger partial charge in [0, 0.05) is 19.1 Å². The van der Waals surface area contributed by atoms with Gasteiger partial charge in [-0.05, 0) is 34.7 Å². The molecule has 2 aromatic rings. The minimum absolute atomic E-state index is 0.207. The van der Waals surface area contributed by atoms with Gasteiger partial charge in [0.25, 0.3) is 0 Å². The van der Waals surface area contributed by atoms with Crippen molar-refractivity contribution in [3.63, 3.8) is 0 Å².